The Kier molecular flexibility index (Phi) is 6.21. The molecule has 3 aliphatic heterocycles. The molecular formula is C26H30NO3S2+. The molecule has 0 spiro atoms. The van der Waals surface area contributed by atoms with E-state index < -0.39 is 11.6 Å². The summed E-state index contributed by atoms with van der Waals surface area (Å²) in [5.41, 5.74) is -1.21. The summed E-state index contributed by atoms with van der Waals surface area (Å²) in [5.74, 6) is 0.0797. The van der Waals surface area contributed by atoms with Crippen LogP contribution < -0.4 is 0 Å². The number of carbonyl (C=O) groups excluding carboxylic acids is 1. The van der Waals surface area contributed by atoms with Crippen molar-refractivity contribution >= 4 is 28.6 Å². The van der Waals surface area contributed by atoms with Gasteiger partial charge in [0.15, 0.2) is 0 Å². The first kappa shape index (κ1) is 21.8. The number of aryl methyl sites for hydroxylation is 1. The predicted octanol–water partition coefficient (Wildman–Crippen LogP) is 5.18. The minimum atomic E-state index is -1.77. The molecule has 3 saturated heterocycles. The van der Waals surface area contributed by atoms with Crippen LogP contribution >= 0.6 is 22.7 Å². The highest BCUT2D eigenvalue weighted by molar-refractivity contribution is 7.10. The molecule has 2 bridgehead atoms. The van der Waals surface area contributed by atoms with Crippen molar-refractivity contribution in [2.45, 2.75) is 43.9 Å². The number of piperidine rings is 3. The highest BCUT2D eigenvalue weighted by atomic mass is 32.1. The molecule has 2 atom stereocenters. The molecule has 0 amide bonds. The van der Waals surface area contributed by atoms with Crippen LogP contribution in [0.5, 0.6) is 0 Å². The summed E-state index contributed by atoms with van der Waals surface area (Å²) in [6.45, 7) is 3.15. The van der Waals surface area contributed by atoms with E-state index in [1.165, 1.54) is 29.1 Å². The van der Waals surface area contributed by atoms with Gasteiger partial charge in [-0.25, -0.2) is 4.79 Å². The zero-order valence-corrected chi connectivity index (χ0v) is 19.8. The van der Waals surface area contributed by atoms with Crippen molar-refractivity contribution in [2.24, 2.45) is 5.92 Å². The van der Waals surface area contributed by atoms with E-state index in [-0.39, 0.29) is 6.23 Å². The first-order chi connectivity index (χ1) is 15.6. The van der Waals surface area contributed by atoms with Gasteiger partial charge in [-0.1, -0.05) is 42.5 Å². The van der Waals surface area contributed by atoms with Gasteiger partial charge in [-0.15, -0.1) is 22.7 Å². The number of nitrogens with zero attached hydrogens (tertiary/aromatic N) is 1. The van der Waals surface area contributed by atoms with Gasteiger partial charge in [-0.05, 0) is 35.2 Å². The van der Waals surface area contributed by atoms with Crippen LogP contribution in [-0.2, 0) is 21.6 Å². The Morgan fingerprint density at radius 2 is 1.78 bits per heavy atom. The maximum Gasteiger partial charge on any atom is 0.353 e. The van der Waals surface area contributed by atoms with Gasteiger partial charge in [0.2, 0.25) is 11.8 Å². The summed E-state index contributed by atoms with van der Waals surface area (Å²) in [4.78, 5) is 15.7. The molecule has 0 aliphatic carbocycles. The number of thiophene rings is 2. The number of esters is 1. The average Bonchev–Trinajstić information content (AvgIpc) is 3.55. The highest BCUT2D eigenvalue weighted by Crippen LogP contribution is 2.41. The Bertz CT molecular complexity index is 1010. The average molecular weight is 469 g/mol. The summed E-state index contributed by atoms with van der Waals surface area (Å²) in [6, 6.07) is 17.2. The predicted molar refractivity (Wildman–Crippen MR) is 128 cm³/mol. The second-order valence-electron chi connectivity index (χ2n) is 9.17. The lowest BCUT2D eigenvalue weighted by molar-refractivity contribution is -0.984. The number of ether oxygens (including phenoxy) is 1. The lowest BCUT2D eigenvalue weighted by atomic mass is 9.84. The third-order valence-electron chi connectivity index (χ3n) is 7.33. The first-order valence-electron chi connectivity index (χ1n) is 11.5. The van der Waals surface area contributed by atoms with Gasteiger partial charge in [0, 0.05) is 36.1 Å². The van der Waals surface area contributed by atoms with Gasteiger partial charge in [-0.2, -0.15) is 0 Å². The molecule has 0 radical (unpaired) electrons. The minimum Gasteiger partial charge on any atom is -0.410 e. The van der Waals surface area contributed by atoms with Crippen LogP contribution in [0.15, 0.2) is 65.4 Å². The number of hydrogen-bond donors (Lipinski definition) is 1. The molecule has 0 saturated carbocycles. The van der Waals surface area contributed by atoms with Crippen molar-refractivity contribution in [1.82, 2.24) is 0 Å². The molecule has 1 N–H and O–H groups in total. The zero-order chi connectivity index (χ0) is 22.0. The molecule has 3 aromatic rings. The molecule has 3 fully saturated rings. The lowest BCUT2D eigenvalue weighted by Gasteiger charge is -2.53. The van der Waals surface area contributed by atoms with Crippen LogP contribution in [0.2, 0.25) is 0 Å². The summed E-state index contributed by atoms with van der Waals surface area (Å²) >= 11 is 3.20. The van der Waals surface area contributed by atoms with Gasteiger partial charge in [0.25, 0.3) is 0 Å². The van der Waals surface area contributed by atoms with Crippen molar-refractivity contribution < 1.29 is 19.1 Å². The summed E-state index contributed by atoms with van der Waals surface area (Å²) in [6.07, 6.45) is 5.31. The zero-order valence-electron chi connectivity index (χ0n) is 18.2. The normalized spacial score (nSPS) is 26.5. The maximum absolute atomic E-state index is 13.6. The Balaban J connectivity index is 1.37. The van der Waals surface area contributed by atoms with Crippen LogP contribution in [0.1, 0.15) is 41.0 Å². The van der Waals surface area contributed by atoms with E-state index in [2.05, 4.69) is 17.5 Å². The van der Waals surface area contributed by atoms with Gasteiger partial charge in [0.1, 0.15) is 0 Å². The fourth-order valence-corrected chi connectivity index (χ4v) is 7.04. The van der Waals surface area contributed by atoms with Gasteiger partial charge < -0.3 is 9.84 Å². The largest absolute Gasteiger partial charge is 0.410 e. The molecule has 5 heterocycles. The Hall–Kier alpha value is -1.99. The number of rotatable bonds is 8. The van der Waals surface area contributed by atoms with Crippen molar-refractivity contribution in [1.29, 1.82) is 0 Å². The molecule has 1 aromatic carbocycles. The Morgan fingerprint density at radius 3 is 2.47 bits per heavy atom. The van der Waals surface area contributed by atoms with E-state index in [1.54, 1.807) is 12.1 Å². The van der Waals surface area contributed by atoms with E-state index in [4.69, 9.17) is 4.74 Å². The molecular weight excluding hydrogens is 438 g/mol. The van der Waals surface area contributed by atoms with E-state index >= 15 is 0 Å². The van der Waals surface area contributed by atoms with Crippen molar-refractivity contribution in [3.05, 3.63) is 80.7 Å². The standard InChI is InChI=1S/C26H30NO3S2/c28-25(26(29,23-11-6-18-32-23)21-7-2-1-3-8-21)30-24-19-20-12-15-27(24,16-13-20)14-4-9-22-10-5-17-31-22/h1-3,5-8,10-11,17-18,20,24,29H,4,9,12-16,19H2/q+1/t20?,24-,26?,27?/m0/s1. The first-order valence-corrected chi connectivity index (χ1v) is 13.3. The molecule has 6 rings (SSSR count). The Labute approximate surface area is 197 Å². The monoisotopic (exact) mass is 468 g/mol. The number of benzene rings is 1. The number of hydrogen-bond acceptors (Lipinski definition) is 5. The number of fused-ring (bicyclic) bond motifs is 3. The summed E-state index contributed by atoms with van der Waals surface area (Å²) in [7, 11) is 0. The van der Waals surface area contributed by atoms with Crippen molar-refractivity contribution in [2.75, 3.05) is 19.6 Å². The molecule has 6 heteroatoms. The summed E-state index contributed by atoms with van der Waals surface area (Å²) in [5, 5.41) is 15.8. The number of aliphatic hydroxyl groups is 1. The van der Waals surface area contributed by atoms with Gasteiger partial charge >= 0.3 is 5.97 Å². The second kappa shape index (κ2) is 9.10. The van der Waals surface area contributed by atoms with Crippen LogP contribution in [0.4, 0.5) is 0 Å². The van der Waals surface area contributed by atoms with Crippen molar-refractivity contribution in [3.8, 4) is 0 Å². The van der Waals surface area contributed by atoms with E-state index in [0.29, 0.717) is 16.4 Å². The fourth-order valence-electron chi connectivity index (χ4n) is 5.45. The molecule has 168 valence electrons. The Morgan fingerprint density at radius 1 is 1.03 bits per heavy atom. The molecule has 2 aromatic heterocycles. The molecule has 1 unspecified atom stereocenters. The number of quaternary nitrogens is 1. The SMILES string of the molecule is O=C(O[C@H]1CC2CC[N+]1(CCCc1cccs1)CC2)C(O)(c1ccccc1)c1cccs1. The third-order valence-corrected chi connectivity index (χ3v) is 9.24. The molecule has 4 nitrogen and oxygen atoms in total. The van der Waals surface area contributed by atoms with Crippen LogP contribution in [0, 0.1) is 5.92 Å². The quantitative estimate of drug-likeness (QED) is 0.366. The van der Waals surface area contributed by atoms with E-state index in [9.17, 15) is 9.90 Å². The minimum absolute atomic E-state index is 0.173. The van der Waals surface area contributed by atoms with Gasteiger partial charge in [-0.3, -0.25) is 4.48 Å². The highest BCUT2D eigenvalue weighted by Gasteiger charge is 2.52. The van der Waals surface area contributed by atoms with Crippen LogP contribution in [-0.4, -0.2) is 41.4 Å². The lowest BCUT2D eigenvalue weighted by Crippen LogP contribution is -2.66. The second-order valence-corrected chi connectivity index (χ2v) is 11.1. The fraction of sp³-hybridized carbons (Fsp3) is 0.423. The summed E-state index contributed by atoms with van der Waals surface area (Å²) < 4.78 is 7.10. The van der Waals surface area contributed by atoms with Crippen LogP contribution in [0.25, 0.3) is 0 Å². The topological polar surface area (TPSA) is 46.5 Å². The number of carbonyl (C=O) groups is 1. The van der Waals surface area contributed by atoms with Crippen LogP contribution in [0.3, 0.4) is 0 Å². The van der Waals surface area contributed by atoms with E-state index in [1.807, 2.05) is 47.0 Å². The van der Waals surface area contributed by atoms with Crippen molar-refractivity contribution in [3.63, 3.8) is 0 Å². The molecule has 32 heavy (non-hydrogen) atoms. The third kappa shape index (κ3) is 4.05. The smallest absolute Gasteiger partial charge is 0.353 e. The van der Waals surface area contributed by atoms with E-state index in [0.717, 1.165) is 43.4 Å². The maximum atomic E-state index is 13.6. The molecule has 3 aliphatic rings. The van der Waals surface area contributed by atoms with Gasteiger partial charge in [0.05, 0.1) is 24.5 Å².